The number of fused-ring (bicyclic) bond motifs is 1. The summed E-state index contributed by atoms with van der Waals surface area (Å²) in [6.07, 6.45) is 5.56. The summed E-state index contributed by atoms with van der Waals surface area (Å²) < 4.78 is 15.4. The van der Waals surface area contributed by atoms with Crippen molar-refractivity contribution in [3.05, 3.63) is 29.5 Å². The van der Waals surface area contributed by atoms with Gasteiger partial charge in [0.1, 0.15) is 6.54 Å². The Morgan fingerprint density at radius 1 is 1.07 bits per heavy atom. The minimum atomic E-state index is -0.215. The zero-order valence-corrected chi connectivity index (χ0v) is 17.7. The molecule has 2 heterocycles. The van der Waals surface area contributed by atoms with Crippen molar-refractivity contribution < 1.29 is 28.6 Å². The molecule has 0 radical (unpaired) electrons. The van der Waals surface area contributed by atoms with Gasteiger partial charge >= 0.3 is 5.97 Å². The minimum absolute atomic E-state index is 0.000734. The molecule has 2 aliphatic rings. The first-order valence-corrected chi connectivity index (χ1v) is 10.0. The number of hydrogen-bond acceptors (Lipinski definition) is 6. The number of rotatable bonds is 6. The second kappa shape index (κ2) is 9.65. The summed E-state index contributed by atoms with van der Waals surface area (Å²) >= 11 is 0. The molecule has 0 saturated carbocycles. The molecule has 0 aliphatic carbocycles. The van der Waals surface area contributed by atoms with Gasteiger partial charge in [0.15, 0.2) is 11.5 Å². The third-order valence-electron chi connectivity index (χ3n) is 5.70. The highest BCUT2D eigenvalue weighted by molar-refractivity contribution is 5.89. The number of benzene rings is 1. The molecule has 0 N–H and O–H groups in total. The number of nitrogens with zero attached hydrogens (tertiary/aromatic N) is 2. The van der Waals surface area contributed by atoms with Gasteiger partial charge in [-0.1, -0.05) is 0 Å². The number of piperidine rings is 1. The Morgan fingerprint density at radius 3 is 2.37 bits per heavy atom. The van der Waals surface area contributed by atoms with E-state index in [1.165, 1.54) is 12.0 Å². The van der Waals surface area contributed by atoms with Crippen LogP contribution in [-0.2, 0) is 25.5 Å². The van der Waals surface area contributed by atoms with Gasteiger partial charge in [0, 0.05) is 25.7 Å². The van der Waals surface area contributed by atoms with E-state index >= 15 is 0 Å². The Bertz CT molecular complexity index is 842. The van der Waals surface area contributed by atoms with Crippen LogP contribution >= 0.6 is 0 Å². The van der Waals surface area contributed by atoms with E-state index in [0.29, 0.717) is 31.0 Å². The summed E-state index contributed by atoms with van der Waals surface area (Å²) in [6.45, 7) is 1.17. The van der Waals surface area contributed by atoms with E-state index in [1.54, 1.807) is 31.4 Å². The summed E-state index contributed by atoms with van der Waals surface area (Å²) in [5.41, 5.74) is 1.69. The van der Waals surface area contributed by atoms with Gasteiger partial charge in [-0.3, -0.25) is 14.4 Å². The number of carbonyl (C=O) groups excluding carboxylic acids is 3. The third-order valence-corrected chi connectivity index (χ3v) is 5.70. The Labute approximate surface area is 176 Å². The number of amides is 2. The topological polar surface area (TPSA) is 85.4 Å². The average Bonchev–Trinajstić information content (AvgIpc) is 2.91. The van der Waals surface area contributed by atoms with Gasteiger partial charge in [-0.2, -0.15) is 0 Å². The van der Waals surface area contributed by atoms with Crippen LogP contribution in [0.25, 0.3) is 6.08 Å². The summed E-state index contributed by atoms with van der Waals surface area (Å²) in [4.78, 5) is 40.1. The number of esters is 1. The number of ether oxygens (including phenoxy) is 3. The molecule has 1 fully saturated rings. The van der Waals surface area contributed by atoms with Gasteiger partial charge in [0.2, 0.25) is 11.8 Å². The molecular weight excluding hydrogens is 388 g/mol. The predicted octanol–water partition coefficient (Wildman–Crippen LogP) is 1.86. The Hall–Kier alpha value is -3.03. The first kappa shape index (κ1) is 21.7. The molecule has 0 spiro atoms. The van der Waals surface area contributed by atoms with Crippen LogP contribution in [0.15, 0.2) is 18.3 Å². The number of hydrogen-bond donors (Lipinski definition) is 0. The molecule has 0 aromatic heterocycles. The van der Waals surface area contributed by atoms with E-state index < -0.39 is 0 Å². The predicted molar refractivity (Wildman–Crippen MR) is 110 cm³/mol. The van der Waals surface area contributed by atoms with Crippen LogP contribution in [0.3, 0.4) is 0 Å². The minimum Gasteiger partial charge on any atom is -0.493 e. The van der Waals surface area contributed by atoms with E-state index in [9.17, 15) is 14.4 Å². The zero-order valence-electron chi connectivity index (χ0n) is 17.7. The standard InChI is InChI=1S/C22H28N2O6/c1-28-18-11-16-6-9-24(20(25)13-17(16)12-19(18)29-2)14-21(26)23-7-4-15(5-8-23)10-22(27)30-3/h6,9,11-12,15H,4-5,7-8,10,13-14H2,1-3H3. The molecule has 0 atom stereocenters. The summed E-state index contributed by atoms with van der Waals surface area (Å²) in [5, 5.41) is 0. The van der Waals surface area contributed by atoms with Crippen LogP contribution in [-0.4, -0.2) is 68.5 Å². The van der Waals surface area contributed by atoms with Gasteiger partial charge in [-0.15, -0.1) is 0 Å². The number of methoxy groups -OCH3 is 3. The fourth-order valence-corrected chi connectivity index (χ4v) is 3.86. The van der Waals surface area contributed by atoms with Crippen LogP contribution in [0, 0.1) is 5.92 Å². The highest BCUT2D eigenvalue weighted by Gasteiger charge is 2.27. The molecule has 1 aromatic rings. The van der Waals surface area contributed by atoms with Crippen LogP contribution in [0.2, 0.25) is 0 Å². The lowest BCUT2D eigenvalue weighted by Crippen LogP contribution is -2.44. The lowest BCUT2D eigenvalue weighted by molar-refractivity contribution is -0.142. The van der Waals surface area contributed by atoms with Crippen molar-refractivity contribution in [2.24, 2.45) is 5.92 Å². The van der Waals surface area contributed by atoms with E-state index in [-0.39, 0.29) is 36.7 Å². The molecule has 3 rings (SSSR count). The average molecular weight is 416 g/mol. The van der Waals surface area contributed by atoms with E-state index in [4.69, 9.17) is 14.2 Å². The lowest BCUT2D eigenvalue weighted by Gasteiger charge is -2.32. The molecule has 8 heteroatoms. The summed E-state index contributed by atoms with van der Waals surface area (Å²) in [5.74, 6) is 0.940. The zero-order chi connectivity index (χ0) is 21.7. The summed E-state index contributed by atoms with van der Waals surface area (Å²) in [7, 11) is 4.50. The SMILES string of the molecule is COC(=O)CC1CCN(C(=O)CN2C=Cc3cc(OC)c(OC)cc3CC2=O)CC1. The van der Waals surface area contributed by atoms with Crippen LogP contribution in [0.5, 0.6) is 11.5 Å². The van der Waals surface area contributed by atoms with Gasteiger partial charge in [0.25, 0.3) is 0 Å². The van der Waals surface area contributed by atoms with Crippen LogP contribution in [0.1, 0.15) is 30.4 Å². The maximum absolute atomic E-state index is 12.7. The Kier molecular flexibility index (Phi) is 6.97. The first-order valence-electron chi connectivity index (χ1n) is 10.0. The second-order valence-corrected chi connectivity index (χ2v) is 7.52. The van der Waals surface area contributed by atoms with E-state index in [1.807, 2.05) is 12.1 Å². The van der Waals surface area contributed by atoms with E-state index in [0.717, 1.165) is 24.0 Å². The molecule has 162 valence electrons. The molecule has 30 heavy (non-hydrogen) atoms. The number of likely N-dealkylation sites (tertiary alicyclic amines) is 1. The second-order valence-electron chi connectivity index (χ2n) is 7.52. The van der Waals surface area contributed by atoms with Gasteiger partial charge in [0.05, 0.1) is 27.8 Å². The Morgan fingerprint density at radius 2 is 1.73 bits per heavy atom. The van der Waals surface area contributed by atoms with Crippen molar-refractivity contribution in [2.75, 3.05) is 41.0 Å². The smallest absolute Gasteiger partial charge is 0.305 e. The van der Waals surface area contributed by atoms with Crippen molar-refractivity contribution in [1.29, 1.82) is 0 Å². The molecule has 0 bridgehead atoms. The van der Waals surface area contributed by atoms with Gasteiger partial charge < -0.3 is 24.0 Å². The van der Waals surface area contributed by atoms with Gasteiger partial charge in [-0.05, 0) is 48.1 Å². The van der Waals surface area contributed by atoms with Crippen molar-refractivity contribution in [3.8, 4) is 11.5 Å². The molecule has 2 amide bonds. The Balaban J connectivity index is 1.61. The maximum atomic E-state index is 12.7. The largest absolute Gasteiger partial charge is 0.493 e. The van der Waals surface area contributed by atoms with Crippen molar-refractivity contribution >= 4 is 23.9 Å². The normalized spacial score (nSPS) is 16.7. The molecule has 1 saturated heterocycles. The summed E-state index contributed by atoms with van der Waals surface area (Å²) in [6, 6.07) is 3.63. The van der Waals surface area contributed by atoms with Crippen molar-refractivity contribution in [2.45, 2.75) is 25.7 Å². The molecule has 0 unspecified atom stereocenters. The quantitative estimate of drug-likeness (QED) is 0.658. The molecule has 2 aliphatic heterocycles. The van der Waals surface area contributed by atoms with Gasteiger partial charge in [-0.25, -0.2) is 0 Å². The maximum Gasteiger partial charge on any atom is 0.305 e. The first-order chi connectivity index (χ1) is 14.4. The fraction of sp³-hybridized carbons (Fsp3) is 0.500. The lowest BCUT2D eigenvalue weighted by atomic mass is 9.93. The van der Waals surface area contributed by atoms with Crippen molar-refractivity contribution in [1.82, 2.24) is 9.80 Å². The highest BCUT2D eigenvalue weighted by atomic mass is 16.5. The highest BCUT2D eigenvalue weighted by Crippen LogP contribution is 2.32. The molecule has 1 aromatic carbocycles. The fourth-order valence-electron chi connectivity index (χ4n) is 3.86. The monoisotopic (exact) mass is 416 g/mol. The van der Waals surface area contributed by atoms with E-state index in [2.05, 4.69) is 0 Å². The number of carbonyl (C=O) groups is 3. The third kappa shape index (κ3) is 4.93. The van der Waals surface area contributed by atoms with Crippen molar-refractivity contribution in [3.63, 3.8) is 0 Å². The molecular formula is C22H28N2O6. The van der Waals surface area contributed by atoms with Crippen LogP contribution in [0.4, 0.5) is 0 Å². The molecule has 8 nitrogen and oxygen atoms in total. The van der Waals surface area contributed by atoms with Crippen LogP contribution < -0.4 is 9.47 Å².